The van der Waals surface area contributed by atoms with Crippen LogP contribution in [0.2, 0.25) is 0 Å². The predicted molar refractivity (Wildman–Crippen MR) is 46.7 cm³/mol. The smallest absolute Gasteiger partial charge is 0.292 e. The lowest BCUT2D eigenvalue weighted by Gasteiger charge is -2.12. The first kappa shape index (κ1) is 7.02. The van der Waals surface area contributed by atoms with Crippen molar-refractivity contribution in [3.63, 3.8) is 0 Å². The molecule has 0 saturated heterocycles. The number of nitrogen functional groups attached to an aromatic ring is 2. The summed E-state index contributed by atoms with van der Waals surface area (Å²) in [5, 5.41) is 0. The van der Waals surface area contributed by atoms with Crippen molar-refractivity contribution in [2.45, 2.75) is 13.1 Å². The number of anilines is 2. The van der Waals surface area contributed by atoms with Crippen LogP contribution in [0.1, 0.15) is 0 Å². The first-order chi connectivity index (χ1) is 5.72. The average molecular weight is 166 g/mol. The molecule has 0 atom stereocenters. The van der Waals surface area contributed by atoms with E-state index in [9.17, 15) is 4.79 Å². The molecule has 5 heteroatoms. The van der Waals surface area contributed by atoms with E-state index in [1.54, 1.807) is 4.68 Å². The van der Waals surface area contributed by atoms with Crippen molar-refractivity contribution < 1.29 is 0 Å². The van der Waals surface area contributed by atoms with Crippen molar-refractivity contribution in [2.24, 2.45) is 0 Å². The van der Waals surface area contributed by atoms with E-state index >= 15 is 0 Å². The third-order valence-electron chi connectivity index (χ3n) is 2.03. The SMILES string of the molecule is Nc1c(N)n2n(c1=O)CC=CC2. The van der Waals surface area contributed by atoms with Crippen molar-refractivity contribution >= 4 is 11.5 Å². The van der Waals surface area contributed by atoms with Crippen LogP contribution in [-0.4, -0.2) is 9.36 Å². The molecule has 12 heavy (non-hydrogen) atoms. The Kier molecular flexibility index (Phi) is 1.27. The fourth-order valence-corrected chi connectivity index (χ4v) is 1.35. The maximum absolute atomic E-state index is 11.3. The van der Waals surface area contributed by atoms with E-state index < -0.39 is 0 Å². The lowest BCUT2D eigenvalue weighted by molar-refractivity contribution is 0.500. The maximum Gasteiger partial charge on any atom is 0.292 e. The first-order valence-corrected chi connectivity index (χ1v) is 3.71. The summed E-state index contributed by atoms with van der Waals surface area (Å²) >= 11 is 0. The summed E-state index contributed by atoms with van der Waals surface area (Å²) in [6.45, 7) is 1.18. The highest BCUT2D eigenvalue weighted by atomic mass is 16.1. The zero-order valence-electron chi connectivity index (χ0n) is 6.53. The van der Waals surface area contributed by atoms with Gasteiger partial charge >= 0.3 is 0 Å². The van der Waals surface area contributed by atoms with Crippen LogP contribution in [0.4, 0.5) is 11.5 Å². The second kappa shape index (κ2) is 2.17. The van der Waals surface area contributed by atoms with E-state index in [0.717, 1.165) is 0 Å². The van der Waals surface area contributed by atoms with Crippen molar-refractivity contribution in [3.05, 3.63) is 22.5 Å². The molecule has 1 aliphatic heterocycles. The molecule has 0 spiro atoms. The number of allylic oxidation sites excluding steroid dienone is 2. The van der Waals surface area contributed by atoms with Gasteiger partial charge in [0.2, 0.25) is 0 Å². The van der Waals surface area contributed by atoms with Crippen LogP contribution in [0, 0.1) is 0 Å². The van der Waals surface area contributed by atoms with Gasteiger partial charge in [-0.3, -0.25) is 9.48 Å². The van der Waals surface area contributed by atoms with Crippen LogP contribution in [0.25, 0.3) is 0 Å². The molecule has 0 radical (unpaired) electrons. The van der Waals surface area contributed by atoms with Gasteiger partial charge in [0.15, 0.2) is 0 Å². The number of rotatable bonds is 0. The van der Waals surface area contributed by atoms with E-state index in [-0.39, 0.29) is 11.2 Å². The molecule has 0 aliphatic carbocycles. The Hall–Kier alpha value is -1.65. The van der Waals surface area contributed by atoms with Crippen LogP contribution in [-0.2, 0) is 13.1 Å². The Bertz CT molecular complexity index is 398. The lowest BCUT2D eigenvalue weighted by Crippen LogP contribution is -2.25. The minimum absolute atomic E-state index is 0.152. The second-order valence-electron chi connectivity index (χ2n) is 2.74. The number of hydrogen-bond donors (Lipinski definition) is 2. The highest BCUT2D eigenvalue weighted by molar-refractivity contribution is 5.57. The molecule has 0 bridgehead atoms. The van der Waals surface area contributed by atoms with Gasteiger partial charge < -0.3 is 11.5 Å². The number of nitrogens with two attached hydrogens (primary N) is 2. The zero-order chi connectivity index (χ0) is 8.72. The molecule has 0 amide bonds. The van der Waals surface area contributed by atoms with E-state index in [1.165, 1.54) is 4.68 Å². The molecule has 1 aromatic heterocycles. The average Bonchev–Trinajstić information content (AvgIpc) is 2.33. The summed E-state index contributed by atoms with van der Waals surface area (Å²) < 4.78 is 3.21. The van der Waals surface area contributed by atoms with Gasteiger partial charge in [0.1, 0.15) is 11.5 Å². The quantitative estimate of drug-likeness (QED) is 0.504. The minimum atomic E-state index is -0.197. The minimum Gasteiger partial charge on any atom is -0.391 e. The summed E-state index contributed by atoms with van der Waals surface area (Å²) in [5.74, 6) is 0.365. The first-order valence-electron chi connectivity index (χ1n) is 3.71. The number of nitrogens with zero attached hydrogens (tertiary/aromatic N) is 2. The highest BCUT2D eigenvalue weighted by Gasteiger charge is 2.14. The molecule has 1 aliphatic rings. The summed E-state index contributed by atoms with van der Waals surface area (Å²) in [6, 6.07) is 0. The molecule has 0 fully saturated rings. The molecule has 2 rings (SSSR count). The lowest BCUT2D eigenvalue weighted by atomic mass is 10.4. The van der Waals surface area contributed by atoms with E-state index in [2.05, 4.69) is 0 Å². The third kappa shape index (κ3) is 0.702. The molecule has 4 N–H and O–H groups in total. The molecule has 2 heterocycles. The van der Waals surface area contributed by atoms with Gasteiger partial charge in [-0.05, 0) is 0 Å². The van der Waals surface area contributed by atoms with Gasteiger partial charge in [-0.15, -0.1) is 0 Å². The molecular formula is C7H10N4O. The summed E-state index contributed by atoms with van der Waals surface area (Å²) in [6.07, 6.45) is 3.87. The van der Waals surface area contributed by atoms with Crippen molar-refractivity contribution in [1.82, 2.24) is 9.36 Å². The molecule has 5 nitrogen and oxygen atoms in total. The largest absolute Gasteiger partial charge is 0.391 e. The van der Waals surface area contributed by atoms with Gasteiger partial charge in [0, 0.05) is 0 Å². The number of aromatic nitrogens is 2. The monoisotopic (exact) mass is 166 g/mol. The van der Waals surface area contributed by atoms with Crippen molar-refractivity contribution in [3.8, 4) is 0 Å². The van der Waals surface area contributed by atoms with Crippen LogP contribution in [0.5, 0.6) is 0 Å². The Morgan fingerprint density at radius 3 is 2.33 bits per heavy atom. The van der Waals surface area contributed by atoms with Gasteiger partial charge in [0.25, 0.3) is 5.56 Å². The standard InChI is InChI=1S/C7H10N4O/c8-5-6(9)10-3-1-2-4-11(10)7(5)12/h1-2H,3-4,8-9H2. The fraction of sp³-hybridized carbons (Fsp3) is 0.286. The topological polar surface area (TPSA) is 79.0 Å². The molecule has 0 saturated carbocycles. The second-order valence-corrected chi connectivity index (χ2v) is 2.74. The van der Waals surface area contributed by atoms with Gasteiger partial charge in [-0.2, -0.15) is 0 Å². The Balaban J connectivity index is 2.72. The van der Waals surface area contributed by atoms with Gasteiger partial charge in [0.05, 0.1) is 13.1 Å². The highest BCUT2D eigenvalue weighted by Crippen LogP contribution is 2.12. The van der Waals surface area contributed by atoms with Crippen LogP contribution in [0.3, 0.4) is 0 Å². The number of fused-ring (bicyclic) bond motifs is 1. The van der Waals surface area contributed by atoms with Gasteiger partial charge in [-0.1, -0.05) is 12.2 Å². The normalized spacial score (nSPS) is 14.7. The third-order valence-corrected chi connectivity index (χ3v) is 2.03. The van der Waals surface area contributed by atoms with Crippen LogP contribution >= 0.6 is 0 Å². The summed E-state index contributed by atoms with van der Waals surface area (Å²) in [7, 11) is 0. The van der Waals surface area contributed by atoms with Gasteiger partial charge in [-0.25, -0.2) is 4.68 Å². The van der Waals surface area contributed by atoms with E-state index in [0.29, 0.717) is 18.9 Å². The number of hydrogen-bond acceptors (Lipinski definition) is 3. The maximum atomic E-state index is 11.3. The predicted octanol–water partition coefficient (Wildman–Crippen LogP) is -0.616. The van der Waals surface area contributed by atoms with Crippen LogP contribution < -0.4 is 17.0 Å². The van der Waals surface area contributed by atoms with Crippen LogP contribution in [0.15, 0.2) is 16.9 Å². The van der Waals surface area contributed by atoms with E-state index in [4.69, 9.17) is 11.5 Å². The fourth-order valence-electron chi connectivity index (χ4n) is 1.35. The molecule has 0 unspecified atom stereocenters. The Morgan fingerprint density at radius 2 is 1.75 bits per heavy atom. The Labute approximate surface area is 68.9 Å². The van der Waals surface area contributed by atoms with E-state index in [1.807, 2.05) is 12.2 Å². The zero-order valence-corrected chi connectivity index (χ0v) is 6.53. The molecular weight excluding hydrogens is 156 g/mol. The summed E-state index contributed by atoms with van der Waals surface area (Å²) in [5.41, 5.74) is 11.0. The van der Waals surface area contributed by atoms with Crippen molar-refractivity contribution in [2.75, 3.05) is 11.5 Å². The molecule has 64 valence electrons. The van der Waals surface area contributed by atoms with Crippen molar-refractivity contribution in [1.29, 1.82) is 0 Å². The molecule has 0 aromatic carbocycles. The Morgan fingerprint density at radius 1 is 1.17 bits per heavy atom. The molecule has 1 aromatic rings. The summed E-state index contributed by atoms with van der Waals surface area (Å²) in [4.78, 5) is 11.3.